The van der Waals surface area contributed by atoms with Crippen molar-refractivity contribution in [3.8, 4) is 0 Å². The molecule has 0 atom stereocenters. The lowest BCUT2D eigenvalue weighted by atomic mass is 10.1. The number of hydrogen-bond acceptors (Lipinski definition) is 3. The molecule has 1 aliphatic heterocycles. The molecule has 1 saturated heterocycles. The second kappa shape index (κ2) is 3.66. The van der Waals surface area contributed by atoms with E-state index in [1.807, 2.05) is 6.07 Å². The predicted molar refractivity (Wildman–Crippen MR) is 61.9 cm³/mol. The Morgan fingerprint density at radius 1 is 1.25 bits per heavy atom. The van der Waals surface area contributed by atoms with E-state index in [9.17, 15) is 4.79 Å². The fraction of sp³-hybridized carbons (Fsp3) is 0.455. The van der Waals surface area contributed by atoms with Gasteiger partial charge in [-0.15, -0.1) is 0 Å². The Kier molecular flexibility index (Phi) is 2.16. The van der Waals surface area contributed by atoms with Crippen LogP contribution in [0.1, 0.15) is 19.3 Å². The Morgan fingerprint density at radius 3 is 2.81 bits per heavy atom. The van der Waals surface area contributed by atoms with Gasteiger partial charge in [-0.2, -0.15) is 4.52 Å². The lowest BCUT2D eigenvalue weighted by Crippen LogP contribution is -2.29. The highest BCUT2D eigenvalue weighted by Gasteiger charge is 2.13. The SMILES string of the molecule is O=c1ccnc2cc(N3CCCCC3)[nH]n12. The van der Waals surface area contributed by atoms with E-state index in [1.165, 1.54) is 29.8 Å². The Balaban J connectivity index is 2.04. The van der Waals surface area contributed by atoms with Crippen LogP contribution in [0.4, 0.5) is 5.82 Å². The highest BCUT2D eigenvalue weighted by Crippen LogP contribution is 2.18. The average Bonchev–Trinajstić information content (AvgIpc) is 2.76. The molecule has 1 fully saturated rings. The molecular formula is C11H14N4O. The predicted octanol–water partition coefficient (Wildman–Crippen LogP) is 1.01. The van der Waals surface area contributed by atoms with Crippen molar-refractivity contribution in [3.63, 3.8) is 0 Å². The van der Waals surface area contributed by atoms with Crippen LogP contribution >= 0.6 is 0 Å². The minimum absolute atomic E-state index is 0.0618. The zero-order valence-electron chi connectivity index (χ0n) is 9.02. The van der Waals surface area contributed by atoms with Crippen LogP contribution in [-0.4, -0.2) is 27.7 Å². The average molecular weight is 218 g/mol. The molecule has 3 rings (SSSR count). The van der Waals surface area contributed by atoms with Crippen molar-refractivity contribution in [1.29, 1.82) is 0 Å². The van der Waals surface area contributed by atoms with Crippen molar-refractivity contribution in [2.45, 2.75) is 19.3 Å². The molecule has 0 spiro atoms. The summed E-state index contributed by atoms with van der Waals surface area (Å²) in [5.74, 6) is 0.996. The smallest absolute Gasteiger partial charge is 0.272 e. The minimum Gasteiger partial charge on any atom is -0.357 e. The first kappa shape index (κ1) is 9.45. The van der Waals surface area contributed by atoms with Crippen molar-refractivity contribution >= 4 is 11.5 Å². The molecule has 5 heteroatoms. The molecule has 0 unspecified atom stereocenters. The Morgan fingerprint density at radius 2 is 2.06 bits per heavy atom. The second-order valence-corrected chi connectivity index (χ2v) is 4.17. The number of H-pyrrole nitrogens is 1. The van der Waals surface area contributed by atoms with E-state index in [0.29, 0.717) is 5.65 Å². The third-order valence-corrected chi connectivity index (χ3v) is 3.06. The van der Waals surface area contributed by atoms with Crippen molar-refractivity contribution in [1.82, 2.24) is 14.6 Å². The summed E-state index contributed by atoms with van der Waals surface area (Å²) in [6.45, 7) is 2.11. The van der Waals surface area contributed by atoms with E-state index in [-0.39, 0.29) is 5.56 Å². The first-order valence-corrected chi connectivity index (χ1v) is 5.66. The quantitative estimate of drug-likeness (QED) is 0.777. The van der Waals surface area contributed by atoms with Crippen LogP contribution < -0.4 is 10.5 Å². The molecule has 1 N–H and O–H groups in total. The summed E-state index contributed by atoms with van der Waals surface area (Å²) in [7, 11) is 0. The molecule has 3 heterocycles. The standard InChI is InChI=1S/C11H14N4O/c16-11-4-5-12-9-8-10(13-15(9)11)14-6-2-1-3-7-14/h4-5,8,13H,1-3,6-7H2. The van der Waals surface area contributed by atoms with Crippen LogP contribution in [0, 0.1) is 0 Å². The lowest BCUT2D eigenvalue weighted by molar-refractivity contribution is 0.572. The molecule has 16 heavy (non-hydrogen) atoms. The van der Waals surface area contributed by atoms with Crippen molar-refractivity contribution in [2.24, 2.45) is 0 Å². The summed E-state index contributed by atoms with van der Waals surface area (Å²) in [6.07, 6.45) is 5.29. The maximum absolute atomic E-state index is 11.5. The van der Waals surface area contributed by atoms with Crippen LogP contribution in [0.2, 0.25) is 0 Å². The first-order valence-electron chi connectivity index (χ1n) is 5.66. The fourth-order valence-corrected chi connectivity index (χ4v) is 2.20. The molecule has 0 aromatic carbocycles. The number of piperidine rings is 1. The second-order valence-electron chi connectivity index (χ2n) is 4.17. The summed E-state index contributed by atoms with van der Waals surface area (Å²) < 4.78 is 1.49. The van der Waals surface area contributed by atoms with Crippen molar-refractivity contribution < 1.29 is 0 Å². The Labute approximate surface area is 92.7 Å². The van der Waals surface area contributed by atoms with Gasteiger partial charge in [0.1, 0.15) is 5.82 Å². The number of fused-ring (bicyclic) bond motifs is 1. The molecule has 0 saturated carbocycles. The van der Waals surface area contributed by atoms with E-state index in [1.54, 1.807) is 6.20 Å². The third-order valence-electron chi connectivity index (χ3n) is 3.06. The highest BCUT2D eigenvalue weighted by molar-refractivity contribution is 5.51. The number of aromatic nitrogens is 3. The van der Waals surface area contributed by atoms with Crippen LogP contribution in [0.3, 0.4) is 0 Å². The number of nitrogens with zero attached hydrogens (tertiary/aromatic N) is 3. The summed E-state index contributed by atoms with van der Waals surface area (Å²) >= 11 is 0. The maximum Gasteiger partial charge on any atom is 0.272 e. The summed E-state index contributed by atoms with van der Waals surface area (Å²) in [5.41, 5.74) is 0.626. The number of hydrogen-bond donors (Lipinski definition) is 1. The zero-order valence-corrected chi connectivity index (χ0v) is 9.02. The maximum atomic E-state index is 11.5. The van der Waals surface area contributed by atoms with E-state index in [4.69, 9.17) is 0 Å². The zero-order chi connectivity index (χ0) is 11.0. The van der Waals surface area contributed by atoms with Gasteiger partial charge in [-0.25, -0.2) is 4.98 Å². The van der Waals surface area contributed by atoms with Gasteiger partial charge < -0.3 is 4.90 Å². The molecule has 84 valence electrons. The highest BCUT2D eigenvalue weighted by atomic mass is 16.1. The lowest BCUT2D eigenvalue weighted by Gasteiger charge is -2.26. The van der Waals surface area contributed by atoms with Gasteiger partial charge in [0.25, 0.3) is 5.56 Å². The van der Waals surface area contributed by atoms with Crippen LogP contribution in [0.15, 0.2) is 23.1 Å². The fourth-order valence-electron chi connectivity index (χ4n) is 2.20. The van der Waals surface area contributed by atoms with Crippen LogP contribution in [-0.2, 0) is 0 Å². The number of anilines is 1. The van der Waals surface area contributed by atoms with Crippen LogP contribution in [0.5, 0.6) is 0 Å². The summed E-state index contributed by atoms with van der Waals surface area (Å²) in [5, 5.41) is 3.10. The van der Waals surface area contributed by atoms with Gasteiger partial charge in [-0.3, -0.25) is 9.89 Å². The molecule has 1 aliphatic rings. The summed E-state index contributed by atoms with van der Waals surface area (Å²) in [4.78, 5) is 18.0. The van der Waals surface area contributed by atoms with E-state index in [2.05, 4.69) is 15.0 Å². The topological polar surface area (TPSA) is 53.4 Å². The van der Waals surface area contributed by atoms with Gasteiger partial charge in [-0.05, 0) is 19.3 Å². The number of aromatic amines is 1. The molecule has 0 bridgehead atoms. The Bertz CT molecular complexity index is 550. The van der Waals surface area contributed by atoms with E-state index in [0.717, 1.165) is 18.9 Å². The molecule has 2 aromatic heterocycles. The number of nitrogens with one attached hydrogen (secondary N) is 1. The Hall–Kier alpha value is -1.78. The number of rotatable bonds is 1. The normalized spacial score (nSPS) is 16.9. The molecule has 2 aromatic rings. The molecule has 0 radical (unpaired) electrons. The van der Waals surface area contributed by atoms with Crippen molar-refractivity contribution in [2.75, 3.05) is 18.0 Å². The first-order chi connectivity index (χ1) is 7.84. The van der Waals surface area contributed by atoms with Gasteiger partial charge in [0, 0.05) is 31.4 Å². The molecule has 0 aliphatic carbocycles. The summed E-state index contributed by atoms with van der Waals surface area (Å²) in [6, 6.07) is 3.40. The van der Waals surface area contributed by atoms with E-state index >= 15 is 0 Å². The largest absolute Gasteiger partial charge is 0.357 e. The van der Waals surface area contributed by atoms with Gasteiger partial charge >= 0.3 is 0 Å². The van der Waals surface area contributed by atoms with Gasteiger partial charge in [0.05, 0.1) is 0 Å². The third kappa shape index (κ3) is 1.48. The minimum atomic E-state index is -0.0618. The van der Waals surface area contributed by atoms with Gasteiger partial charge in [0.2, 0.25) is 0 Å². The van der Waals surface area contributed by atoms with Crippen LogP contribution in [0.25, 0.3) is 5.65 Å². The van der Waals surface area contributed by atoms with Crippen molar-refractivity contribution in [3.05, 3.63) is 28.7 Å². The van der Waals surface area contributed by atoms with Gasteiger partial charge in [-0.1, -0.05) is 0 Å². The molecule has 0 amide bonds. The monoisotopic (exact) mass is 218 g/mol. The van der Waals surface area contributed by atoms with Gasteiger partial charge in [0.15, 0.2) is 5.65 Å². The molecule has 5 nitrogen and oxygen atoms in total. The molecular weight excluding hydrogens is 204 g/mol. The van der Waals surface area contributed by atoms with E-state index < -0.39 is 0 Å².